The fourth-order valence-corrected chi connectivity index (χ4v) is 4.70. The molecule has 1 amide bonds. The molecule has 0 spiro atoms. The molecule has 0 bridgehead atoms. The van der Waals surface area contributed by atoms with Crippen molar-refractivity contribution < 1.29 is 13.9 Å². The first kappa shape index (κ1) is 23.8. The first-order chi connectivity index (χ1) is 16.6. The molecule has 0 aliphatic carbocycles. The summed E-state index contributed by atoms with van der Waals surface area (Å²) in [6, 6.07) is 23.3. The minimum Gasteiger partial charge on any atom is -0.492 e. The Bertz CT molecular complexity index is 1250. The van der Waals surface area contributed by atoms with E-state index in [0.29, 0.717) is 33.8 Å². The quantitative estimate of drug-likeness (QED) is 0.207. The molecule has 172 valence electrons. The van der Waals surface area contributed by atoms with Crippen molar-refractivity contribution in [2.75, 3.05) is 11.9 Å². The number of thioether (sulfide) groups is 1. The Hall–Kier alpha value is -3.36. The number of aromatic nitrogens is 2. The van der Waals surface area contributed by atoms with Crippen LogP contribution >= 0.6 is 23.5 Å². The monoisotopic (exact) mass is 491 g/mol. The summed E-state index contributed by atoms with van der Waals surface area (Å²) in [7, 11) is 0. The predicted molar refractivity (Wildman–Crippen MR) is 134 cm³/mol. The highest BCUT2D eigenvalue weighted by Gasteiger charge is 2.18. The lowest BCUT2D eigenvalue weighted by molar-refractivity contribution is 0.101. The van der Waals surface area contributed by atoms with E-state index in [1.807, 2.05) is 55.5 Å². The number of carbonyl (C=O) groups is 1. The number of carbonyl (C=O) groups excluding carboxylic acids is 1. The maximum absolute atomic E-state index is 13.3. The second kappa shape index (κ2) is 11.7. The number of rotatable bonds is 9. The molecule has 1 heterocycles. The lowest BCUT2D eigenvalue weighted by Gasteiger charge is -2.13. The van der Waals surface area contributed by atoms with Crippen LogP contribution in [0.5, 0.6) is 5.75 Å². The van der Waals surface area contributed by atoms with E-state index in [9.17, 15) is 9.18 Å². The normalized spacial score (nSPS) is 10.6. The number of halogens is 1. The van der Waals surface area contributed by atoms with E-state index in [1.165, 1.54) is 35.7 Å². The van der Waals surface area contributed by atoms with Gasteiger partial charge in [0.2, 0.25) is 0 Å². The van der Waals surface area contributed by atoms with E-state index in [-0.39, 0.29) is 17.4 Å². The van der Waals surface area contributed by atoms with Gasteiger partial charge in [0.25, 0.3) is 5.91 Å². The van der Waals surface area contributed by atoms with Crippen LogP contribution in [-0.2, 0) is 5.75 Å². The summed E-state index contributed by atoms with van der Waals surface area (Å²) in [5.41, 5.74) is 1.79. The van der Waals surface area contributed by atoms with E-state index in [4.69, 9.17) is 4.74 Å². The third-order valence-corrected chi connectivity index (χ3v) is 6.59. The van der Waals surface area contributed by atoms with Crippen LogP contribution in [0.15, 0.2) is 100 Å². The molecule has 8 heteroatoms. The van der Waals surface area contributed by atoms with Crippen molar-refractivity contribution in [3.63, 3.8) is 0 Å². The molecule has 0 aliphatic heterocycles. The summed E-state index contributed by atoms with van der Waals surface area (Å²) in [5, 5.41) is 3.39. The maximum Gasteiger partial charge on any atom is 0.275 e. The van der Waals surface area contributed by atoms with Gasteiger partial charge in [-0.1, -0.05) is 66.0 Å². The predicted octanol–water partition coefficient (Wildman–Crippen LogP) is 6.71. The van der Waals surface area contributed by atoms with Crippen molar-refractivity contribution in [2.45, 2.75) is 27.6 Å². The topological polar surface area (TPSA) is 64.1 Å². The molecule has 0 radical (unpaired) electrons. The molecule has 0 saturated carbocycles. The zero-order valence-electron chi connectivity index (χ0n) is 18.4. The van der Waals surface area contributed by atoms with Crippen LogP contribution in [-0.4, -0.2) is 22.5 Å². The largest absolute Gasteiger partial charge is 0.492 e. The number of hydrogen-bond donors (Lipinski definition) is 1. The van der Waals surface area contributed by atoms with Crippen molar-refractivity contribution in [1.29, 1.82) is 0 Å². The van der Waals surface area contributed by atoms with Gasteiger partial charge >= 0.3 is 0 Å². The zero-order valence-corrected chi connectivity index (χ0v) is 20.0. The van der Waals surface area contributed by atoms with Crippen LogP contribution in [0.4, 0.5) is 10.1 Å². The number of nitrogens with one attached hydrogen (secondary N) is 1. The molecule has 0 saturated heterocycles. The third kappa shape index (κ3) is 6.36. The highest BCUT2D eigenvalue weighted by atomic mass is 32.2. The number of hydrogen-bond acceptors (Lipinski definition) is 6. The van der Waals surface area contributed by atoms with Crippen molar-refractivity contribution in [1.82, 2.24) is 9.97 Å². The van der Waals surface area contributed by atoms with Gasteiger partial charge < -0.3 is 10.1 Å². The Morgan fingerprint density at radius 2 is 1.74 bits per heavy atom. The number of benzene rings is 3. The molecule has 34 heavy (non-hydrogen) atoms. The lowest BCUT2D eigenvalue weighted by Crippen LogP contribution is -2.16. The Labute approximate surface area is 206 Å². The Morgan fingerprint density at radius 3 is 2.50 bits per heavy atom. The summed E-state index contributed by atoms with van der Waals surface area (Å²) in [6.07, 6.45) is 1.67. The van der Waals surface area contributed by atoms with Crippen LogP contribution in [0.2, 0.25) is 0 Å². The van der Waals surface area contributed by atoms with Crippen molar-refractivity contribution in [3.8, 4) is 5.75 Å². The number of para-hydroxylation sites is 2. The summed E-state index contributed by atoms with van der Waals surface area (Å²) >= 11 is 2.81. The Balaban J connectivity index is 1.60. The third-order valence-electron chi connectivity index (χ3n) is 4.64. The van der Waals surface area contributed by atoms with E-state index in [1.54, 1.807) is 24.4 Å². The minimum atomic E-state index is -0.350. The summed E-state index contributed by atoms with van der Waals surface area (Å²) in [4.78, 5) is 24.0. The number of ether oxygens (including phenoxy) is 1. The average Bonchev–Trinajstić information content (AvgIpc) is 2.86. The van der Waals surface area contributed by atoms with Gasteiger partial charge in [0.1, 0.15) is 17.3 Å². The van der Waals surface area contributed by atoms with Crippen LogP contribution in [0.25, 0.3) is 0 Å². The van der Waals surface area contributed by atoms with Gasteiger partial charge in [-0.05, 0) is 48.9 Å². The highest BCUT2D eigenvalue weighted by molar-refractivity contribution is 7.99. The average molecular weight is 492 g/mol. The second-order valence-corrected chi connectivity index (χ2v) is 9.14. The van der Waals surface area contributed by atoms with Gasteiger partial charge in [-0.2, -0.15) is 0 Å². The maximum atomic E-state index is 13.3. The van der Waals surface area contributed by atoms with Crippen LogP contribution in [0, 0.1) is 5.82 Å². The SMILES string of the molecule is CCOc1ccccc1NC(=O)c1nc(SCc2ccc(F)cc2)ncc1Sc1ccccc1. The molecule has 5 nitrogen and oxygen atoms in total. The number of nitrogens with zero attached hydrogens (tertiary/aromatic N) is 2. The van der Waals surface area contributed by atoms with E-state index < -0.39 is 0 Å². The van der Waals surface area contributed by atoms with Crippen molar-refractivity contribution >= 4 is 35.1 Å². The molecular formula is C26H22FN3O2S2. The molecule has 1 aromatic heterocycles. The second-order valence-electron chi connectivity index (χ2n) is 7.08. The summed E-state index contributed by atoms with van der Waals surface area (Å²) in [6.45, 7) is 2.38. The first-order valence-corrected chi connectivity index (χ1v) is 12.4. The van der Waals surface area contributed by atoms with Crippen LogP contribution in [0.1, 0.15) is 23.0 Å². The zero-order chi connectivity index (χ0) is 23.8. The van der Waals surface area contributed by atoms with Gasteiger partial charge in [0.15, 0.2) is 5.16 Å². The fraction of sp³-hybridized carbons (Fsp3) is 0.115. The smallest absolute Gasteiger partial charge is 0.275 e. The summed E-state index contributed by atoms with van der Waals surface area (Å²) < 4.78 is 18.8. The van der Waals surface area contributed by atoms with Gasteiger partial charge in [0.05, 0.1) is 17.2 Å². The minimum absolute atomic E-state index is 0.275. The van der Waals surface area contributed by atoms with Crippen LogP contribution < -0.4 is 10.1 Å². The molecular weight excluding hydrogens is 469 g/mol. The summed E-state index contributed by atoms with van der Waals surface area (Å²) in [5.74, 6) is 0.519. The standard InChI is InChI=1S/C26H22FN3O2S2/c1-2-32-22-11-7-6-10-21(22)29-25(31)24-23(34-20-8-4-3-5-9-20)16-28-26(30-24)33-17-18-12-14-19(27)15-13-18/h3-16H,2,17H2,1H3,(H,29,31). The van der Waals surface area contributed by atoms with Gasteiger partial charge in [-0.25, -0.2) is 14.4 Å². The van der Waals surface area contributed by atoms with Crippen molar-refractivity contribution in [2.24, 2.45) is 0 Å². The van der Waals surface area contributed by atoms with E-state index >= 15 is 0 Å². The molecule has 0 unspecified atom stereocenters. The molecule has 4 aromatic rings. The van der Waals surface area contributed by atoms with E-state index in [0.717, 1.165) is 10.5 Å². The number of anilines is 1. The van der Waals surface area contributed by atoms with Crippen LogP contribution in [0.3, 0.4) is 0 Å². The fourth-order valence-electron chi connectivity index (χ4n) is 3.04. The van der Waals surface area contributed by atoms with Gasteiger partial charge in [-0.15, -0.1) is 0 Å². The first-order valence-electron chi connectivity index (χ1n) is 10.6. The van der Waals surface area contributed by atoms with Gasteiger partial charge in [0, 0.05) is 16.8 Å². The van der Waals surface area contributed by atoms with Gasteiger partial charge in [-0.3, -0.25) is 4.79 Å². The Morgan fingerprint density at radius 1 is 1.00 bits per heavy atom. The molecule has 0 fully saturated rings. The lowest BCUT2D eigenvalue weighted by atomic mass is 10.2. The van der Waals surface area contributed by atoms with Crippen molar-refractivity contribution in [3.05, 3.63) is 102 Å². The molecule has 1 N–H and O–H groups in total. The molecule has 4 rings (SSSR count). The molecule has 0 aliphatic rings. The highest BCUT2D eigenvalue weighted by Crippen LogP contribution is 2.32. The Kier molecular flexibility index (Phi) is 8.17. The van der Waals surface area contributed by atoms with E-state index in [2.05, 4.69) is 15.3 Å². The molecule has 3 aromatic carbocycles. The number of amides is 1. The molecule has 0 atom stereocenters.